The minimum absolute atomic E-state index is 0.238. The van der Waals surface area contributed by atoms with Gasteiger partial charge in [-0.25, -0.2) is 4.98 Å². The van der Waals surface area contributed by atoms with E-state index >= 15 is 0 Å². The summed E-state index contributed by atoms with van der Waals surface area (Å²) in [6.07, 6.45) is 2.21. The van der Waals surface area contributed by atoms with Gasteiger partial charge in [0.1, 0.15) is 0 Å². The van der Waals surface area contributed by atoms with Gasteiger partial charge in [0.15, 0.2) is 0 Å². The Balaban J connectivity index is 2.30. The highest BCUT2D eigenvalue weighted by atomic mass is 35.5. The Morgan fingerprint density at radius 2 is 2.36 bits per heavy atom. The van der Waals surface area contributed by atoms with Gasteiger partial charge in [0.25, 0.3) is 0 Å². The maximum Gasteiger partial charge on any atom is 0.203 e. The molecule has 2 rings (SSSR count). The lowest BCUT2D eigenvalue weighted by Gasteiger charge is -2.27. The Bertz CT molecular complexity index is 343. The van der Waals surface area contributed by atoms with E-state index in [-0.39, 0.29) is 6.04 Å². The van der Waals surface area contributed by atoms with E-state index in [9.17, 15) is 0 Å². The lowest BCUT2D eigenvalue weighted by Crippen LogP contribution is -2.33. The molecule has 2 heterocycles. The zero-order valence-corrected chi connectivity index (χ0v) is 9.38. The normalized spacial score (nSPS) is 23.3. The van der Waals surface area contributed by atoms with Crippen LogP contribution in [0.2, 0.25) is 5.28 Å². The smallest absolute Gasteiger partial charge is 0.203 e. The number of aryl methyl sites for hydroxylation is 1. The number of hydrogen-bond acceptors (Lipinski definition) is 2. The highest BCUT2D eigenvalue weighted by Crippen LogP contribution is 2.27. The molecule has 0 saturated heterocycles. The van der Waals surface area contributed by atoms with Crippen LogP contribution in [0.4, 0.5) is 0 Å². The van der Waals surface area contributed by atoms with Crippen molar-refractivity contribution in [3.8, 4) is 0 Å². The van der Waals surface area contributed by atoms with Crippen LogP contribution in [0.5, 0.6) is 0 Å². The molecule has 0 bridgehead atoms. The quantitative estimate of drug-likeness (QED) is 0.773. The van der Waals surface area contributed by atoms with Gasteiger partial charge in [0, 0.05) is 18.3 Å². The van der Waals surface area contributed by atoms with Gasteiger partial charge in [-0.1, -0.05) is 0 Å². The molecular weight excluding hydrogens is 198 g/mol. The number of fused-ring (bicyclic) bond motifs is 1. The lowest BCUT2D eigenvalue weighted by atomic mass is 9.92. The molecule has 2 unspecified atom stereocenters. The first-order chi connectivity index (χ1) is 6.59. The molecule has 14 heavy (non-hydrogen) atoms. The van der Waals surface area contributed by atoms with Gasteiger partial charge in [-0.05, 0) is 44.2 Å². The summed E-state index contributed by atoms with van der Waals surface area (Å²) in [4.78, 5) is 4.27. The average Bonchev–Trinajstić information content (AvgIpc) is 2.42. The second-order valence-electron chi connectivity index (χ2n) is 4.18. The minimum atomic E-state index is 0.238. The van der Waals surface area contributed by atoms with Gasteiger partial charge in [-0.15, -0.1) is 0 Å². The Labute approximate surface area is 89.3 Å². The van der Waals surface area contributed by atoms with E-state index < -0.39 is 0 Å². The zero-order valence-electron chi connectivity index (χ0n) is 8.63. The van der Waals surface area contributed by atoms with Crippen LogP contribution in [-0.4, -0.2) is 15.6 Å². The van der Waals surface area contributed by atoms with Crippen LogP contribution in [0.1, 0.15) is 24.7 Å². The van der Waals surface area contributed by atoms with E-state index in [0.717, 1.165) is 25.1 Å². The number of nitrogens with two attached hydrogens (primary N) is 1. The van der Waals surface area contributed by atoms with Crippen molar-refractivity contribution in [2.24, 2.45) is 11.7 Å². The summed E-state index contributed by atoms with van der Waals surface area (Å²) in [5.74, 6) is 0.536. The molecule has 2 N–H and O–H groups in total. The van der Waals surface area contributed by atoms with E-state index in [0.29, 0.717) is 11.2 Å². The van der Waals surface area contributed by atoms with Crippen molar-refractivity contribution in [1.82, 2.24) is 9.55 Å². The first-order valence-corrected chi connectivity index (χ1v) is 5.44. The van der Waals surface area contributed by atoms with E-state index in [2.05, 4.69) is 16.5 Å². The van der Waals surface area contributed by atoms with Gasteiger partial charge >= 0.3 is 0 Å². The Kier molecular flexibility index (Phi) is 2.54. The van der Waals surface area contributed by atoms with Crippen molar-refractivity contribution in [2.45, 2.75) is 39.3 Å². The largest absolute Gasteiger partial charge is 0.328 e. The predicted molar refractivity (Wildman–Crippen MR) is 57.4 cm³/mol. The molecule has 1 aliphatic heterocycles. The molecular formula is C10H16ClN3. The molecule has 3 nitrogen and oxygen atoms in total. The van der Waals surface area contributed by atoms with Crippen molar-refractivity contribution in [2.75, 3.05) is 0 Å². The third kappa shape index (κ3) is 1.55. The topological polar surface area (TPSA) is 43.8 Å². The molecule has 0 amide bonds. The van der Waals surface area contributed by atoms with Crippen LogP contribution < -0.4 is 5.73 Å². The maximum absolute atomic E-state index is 6.04. The summed E-state index contributed by atoms with van der Waals surface area (Å²) in [5, 5.41) is 0.614. The fourth-order valence-corrected chi connectivity index (χ4v) is 2.45. The van der Waals surface area contributed by atoms with E-state index in [1.165, 1.54) is 5.69 Å². The molecule has 1 aliphatic rings. The first kappa shape index (κ1) is 9.99. The zero-order chi connectivity index (χ0) is 10.3. The molecule has 0 saturated carbocycles. The summed E-state index contributed by atoms with van der Waals surface area (Å²) in [6.45, 7) is 5.00. The van der Waals surface area contributed by atoms with Crippen molar-refractivity contribution in [1.29, 1.82) is 0 Å². The molecule has 4 heteroatoms. The average molecular weight is 214 g/mol. The second-order valence-corrected chi connectivity index (χ2v) is 4.52. The van der Waals surface area contributed by atoms with E-state index in [4.69, 9.17) is 17.3 Å². The molecule has 1 aromatic rings. The molecule has 78 valence electrons. The summed E-state index contributed by atoms with van der Waals surface area (Å²) < 4.78 is 2.11. The third-order valence-electron chi connectivity index (χ3n) is 3.14. The number of hydrogen-bond donors (Lipinski definition) is 1. The molecule has 0 aliphatic carbocycles. The summed E-state index contributed by atoms with van der Waals surface area (Å²) in [7, 11) is 0. The SMILES string of the molecule is Cc1nc(Cl)n2c1CCC(C(C)N)C2. The van der Waals surface area contributed by atoms with Crippen molar-refractivity contribution in [3.05, 3.63) is 16.7 Å². The van der Waals surface area contributed by atoms with E-state index in [1.54, 1.807) is 0 Å². The van der Waals surface area contributed by atoms with Crippen LogP contribution in [0.25, 0.3) is 0 Å². The van der Waals surface area contributed by atoms with Crippen LogP contribution in [0.15, 0.2) is 0 Å². The van der Waals surface area contributed by atoms with Crippen LogP contribution in [-0.2, 0) is 13.0 Å². The number of aromatic nitrogens is 2. The maximum atomic E-state index is 6.04. The van der Waals surface area contributed by atoms with Crippen LogP contribution in [0, 0.1) is 12.8 Å². The molecule has 0 fully saturated rings. The van der Waals surface area contributed by atoms with Gasteiger partial charge in [-0.3, -0.25) is 0 Å². The van der Waals surface area contributed by atoms with Gasteiger partial charge in [-0.2, -0.15) is 0 Å². The fraction of sp³-hybridized carbons (Fsp3) is 0.700. The highest BCUT2D eigenvalue weighted by molar-refractivity contribution is 6.28. The number of rotatable bonds is 1. The number of imidazole rings is 1. The van der Waals surface area contributed by atoms with Gasteiger partial charge < -0.3 is 10.3 Å². The standard InChI is InChI=1S/C10H16ClN3/c1-6(12)8-3-4-9-7(2)13-10(11)14(9)5-8/h6,8H,3-5,12H2,1-2H3. The van der Waals surface area contributed by atoms with Gasteiger partial charge in [0.2, 0.25) is 5.28 Å². The Hall–Kier alpha value is -0.540. The molecule has 0 spiro atoms. The van der Waals surface area contributed by atoms with Crippen LogP contribution in [0.3, 0.4) is 0 Å². The fourth-order valence-electron chi connectivity index (χ4n) is 2.15. The minimum Gasteiger partial charge on any atom is -0.328 e. The Morgan fingerprint density at radius 1 is 1.64 bits per heavy atom. The predicted octanol–water partition coefficient (Wildman–Crippen LogP) is 1.75. The third-order valence-corrected chi connectivity index (χ3v) is 3.43. The van der Waals surface area contributed by atoms with Crippen LogP contribution >= 0.6 is 11.6 Å². The number of nitrogens with zero attached hydrogens (tertiary/aromatic N) is 2. The van der Waals surface area contributed by atoms with Crippen molar-refractivity contribution >= 4 is 11.6 Å². The van der Waals surface area contributed by atoms with E-state index in [1.807, 2.05) is 6.92 Å². The molecule has 1 aromatic heterocycles. The monoisotopic (exact) mass is 213 g/mol. The summed E-state index contributed by atoms with van der Waals surface area (Å²) >= 11 is 6.04. The highest BCUT2D eigenvalue weighted by Gasteiger charge is 2.24. The van der Waals surface area contributed by atoms with Crippen molar-refractivity contribution in [3.63, 3.8) is 0 Å². The van der Waals surface area contributed by atoms with Gasteiger partial charge in [0.05, 0.1) is 5.69 Å². The molecule has 2 atom stereocenters. The van der Waals surface area contributed by atoms with Crippen molar-refractivity contribution < 1.29 is 0 Å². The lowest BCUT2D eigenvalue weighted by molar-refractivity contribution is 0.324. The Morgan fingerprint density at radius 3 is 3.00 bits per heavy atom. The molecule has 0 aromatic carbocycles. The summed E-state index contributed by atoms with van der Waals surface area (Å²) in [6, 6.07) is 0.238. The molecule has 0 radical (unpaired) electrons. The number of halogens is 1. The second kappa shape index (κ2) is 3.55. The first-order valence-electron chi connectivity index (χ1n) is 5.06. The summed E-state index contributed by atoms with van der Waals surface area (Å²) in [5.41, 5.74) is 8.26.